The van der Waals surface area contributed by atoms with Crippen molar-refractivity contribution in [3.05, 3.63) is 35.5 Å². The Morgan fingerprint density at radius 2 is 2.00 bits per heavy atom. The highest BCUT2D eigenvalue weighted by Gasteiger charge is 2.30. The fourth-order valence-electron chi connectivity index (χ4n) is 3.31. The van der Waals surface area contributed by atoms with Gasteiger partial charge in [-0.05, 0) is 49.1 Å². The van der Waals surface area contributed by atoms with Gasteiger partial charge in [0.05, 0.1) is 5.52 Å². The topological polar surface area (TPSA) is 50.9 Å². The van der Waals surface area contributed by atoms with Crippen LogP contribution in [0.25, 0.3) is 10.9 Å². The van der Waals surface area contributed by atoms with E-state index < -0.39 is 0 Å². The van der Waals surface area contributed by atoms with Crippen LogP contribution >= 0.6 is 11.6 Å². The van der Waals surface area contributed by atoms with Crippen LogP contribution in [0.1, 0.15) is 32.1 Å². The standard InChI is InChI=1S/C17H22ClN3/c18-13-4-5-14-15(6-9-20-16(14)10-13)21-12-17(11-19)7-2-1-3-8-17/h4-6,9-10H,1-3,7-8,11-12,19H2,(H,20,21). The number of hydrogen-bond acceptors (Lipinski definition) is 3. The Labute approximate surface area is 130 Å². The molecule has 1 aliphatic carbocycles. The summed E-state index contributed by atoms with van der Waals surface area (Å²) in [5.41, 5.74) is 8.36. The van der Waals surface area contributed by atoms with Gasteiger partial charge < -0.3 is 11.1 Å². The molecule has 1 fully saturated rings. The number of nitrogens with zero attached hydrogens (tertiary/aromatic N) is 1. The Morgan fingerprint density at radius 3 is 2.76 bits per heavy atom. The second-order valence-corrected chi connectivity index (χ2v) is 6.57. The number of rotatable bonds is 4. The molecule has 1 aliphatic rings. The SMILES string of the molecule is NCC1(CNc2ccnc3cc(Cl)ccc23)CCCCC1. The van der Waals surface area contributed by atoms with Crippen LogP contribution < -0.4 is 11.1 Å². The Morgan fingerprint density at radius 1 is 1.19 bits per heavy atom. The monoisotopic (exact) mass is 303 g/mol. The van der Waals surface area contributed by atoms with Gasteiger partial charge in [0.1, 0.15) is 0 Å². The van der Waals surface area contributed by atoms with Crippen molar-refractivity contribution in [1.29, 1.82) is 0 Å². The molecule has 1 heterocycles. The van der Waals surface area contributed by atoms with Gasteiger partial charge in [-0.25, -0.2) is 0 Å². The largest absolute Gasteiger partial charge is 0.384 e. The van der Waals surface area contributed by atoms with E-state index in [1.807, 2.05) is 30.5 Å². The number of hydrogen-bond donors (Lipinski definition) is 2. The van der Waals surface area contributed by atoms with Crippen molar-refractivity contribution in [1.82, 2.24) is 4.98 Å². The number of halogens is 1. The molecule has 0 bridgehead atoms. The van der Waals surface area contributed by atoms with Crippen molar-refractivity contribution in [2.24, 2.45) is 11.1 Å². The number of benzene rings is 1. The Balaban J connectivity index is 1.81. The molecule has 0 radical (unpaired) electrons. The quantitative estimate of drug-likeness (QED) is 0.889. The number of nitrogens with two attached hydrogens (primary N) is 1. The lowest BCUT2D eigenvalue weighted by Gasteiger charge is -2.36. The first-order valence-electron chi connectivity index (χ1n) is 7.71. The molecule has 0 saturated heterocycles. The highest BCUT2D eigenvalue weighted by molar-refractivity contribution is 6.31. The minimum absolute atomic E-state index is 0.250. The molecule has 0 amide bonds. The van der Waals surface area contributed by atoms with Gasteiger partial charge in [-0.3, -0.25) is 4.98 Å². The summed E-state index contributed by atoms with van der Waals surface area (Å²) in [6.45, 7) is 1.69. The number of aromatic nitrogens is 1. The fraction of sp³-hybridized carbons (Fsp3) is 0.471. The Bertz CT molecular complexity index is 620. The number of nitrogens with one attached hydrogen (secondary N) is 1. The molecule has 0 unspecified atom stereocenters. The van der Waals surface area contributed by atoms with Crippen LogP contribution in [0, 0.1) is 5.41 Å². The summed E-state index contributed by atoms with van der Waals surface area (Å²) in [7, 11) is 0. The number of pyridine rings is 1. The molecule has 0 atom stereocenters. The maximum atomic E-state index is 6.07. The lowest BCUT2D eigenvalue weighted by Crippen LogP contribution is -2.39. The summed E-state index contributed by atoms with van der Waals surface area (Å²) >= 11 is 6.04. The van der Waals surface area contributed by atoms with E-state index in [0.717, 1.165) is 34.7 Å². The molecule has 1 saturated carbocycles. The molecule has 21 heavy (non-hydrogen) atoms. The van der Waals surface area contributed by atoms with Crippen LogP contribution in [-0.2, 0) is 0 Å². The minimum atomic E-state index is 0.250. The average molecular weight is 304 g/mol. The van der Waals surface area contributed by atoms with E-state index in [2.05, 4.69) is 10.3 Å². The maximum Gasteiger partial charge on any atom is 0.0737 e. The molecule has 1 aromatic heterocycles. The van der Waals surface area contributed by atoms with Crippen molar-refractivity contribution >= 4 is 28.2 Å². The van der Waals surface area contributed by atoms with Crippen LogP contribution in [0.15, 0.2) is 30.5 Å². The highest BCUT2D eigenvalue weighted by Crippen LogP contribution is 2.36. The fourth-order valence-corrected chi connectivity index (χ4v) is 3.48. The summed E-state index contributed by atoms with van der Waals surface area (Å²) in [6, 6.07) is 7.88. The normalized spacial score (nSPS) is 17.8. The zero-order valence-corrected chi connectivity index (χ0v) is 13.0. The van der Waals surface area contributed by atoms with Gasteiger partial charge in [0, 0.05) is 28.8 Å². The van der Waals surface area contributed by atoms with Crippen LogP contribution in [0.2, 0.25) is 5.02 Å². The second-order valence-electron chi connectivity index (χ2n) is 6.14. The van der Waals surface area contributed by atoms with Gasteiger partial charge >= 0.3 is 0 Å². The number of fused-ring (bicyclic) bond motifs is 1. The van der Waals surface area contributed by atoms with Crippen molar-refractivity contribution in [3.63, 3.8) is 0 Å². The zero-order valence-electron chi connectivity index (χ0n) is 12.2. The lowest BCUT2D eigenvalue weighted by atomic mass is 9.74. The van der Waals surface area contributed by atoms with Gasteiger partial charge in [-0.15, -0.1) is 0 Å². The first kappa shape index (κ1) is 14.6. The summed E-state index contributed by atoms with van der Waals surface area (Å²) < 4.78 is 0. The van der Waals surface area contributed by atoms with E-state index in [-0.39, 0.29) is 5.41 Å². The summed E-state index contributed by atoms with van der Waals surface area (Å²) in [4.78, 5) is 4.39. The maximum absolute atomic E-state index is 6.07. The molecular weight excluding hydrogens is 282 g/mol. The van der Waals surface area contributed by atoms with Crippen molar-refractivity contribution in [2.75, 3.05) is 18.4 Å². The molecular formula is C17H22ClN3. The molecule has 112 valence electrons. The van der Waals surface area contributed by atoms with E-state index >= 15 is 0 Å². The molecule has 0 spiro atoms. The van der Waals surface area contributed by atoms with Crippen molar-refractivity contribution in [2.45, 2.75) is 32.1 Å². The van der Waals surface area contributed by atoms with Crippen molar-refractivity contribution < 1.29 is 0 Å². The van der Waals surface area contributed by atoms with E-state index in [0.29, 0.717) is 0 Å². The molecule has 3 rings (SSSR count). The van der Waals surface area contributed by atoms with Crippen LogP contribution in [-0.4, -0.2) is 18.1 Å². The predicted octanol–water partition coefficient (Wildman–Crippen LogP) is 4.21. The third-order valence-electron chi connectivity index (χ3n) is 4.71. The van der Waals surface area contributed by atoms with Gasteiger partial charge in [-0.1, -0.05) is 30.9 Å². The third kappa shape index (κ3) is 3.14. The lowest BCUT2D eigenvalue weighted by molar-refractivity contribution is 0.215. The van der Waals surface area contributed by atoms with Gasteiger partial charge in [0.15, 0.2) is 0 Å². The van der Waals surface area contributed by atoms with E-state index in [4.69, 9.17) is 17.3 Å². The molecule has 4 heteroatoms. The Kier molecular flexibility index (Phi) is 4.32. The molecule has 2 aromatic rings. The highest BCUT2D eigenvalue weighted by atomic mass is 35.5. The predicted molar refractivity (Wildman–Crippen MR) is 89.8 cm³/mol. The van der Waals surface area contributed by atoms with E-state index in [1.165, 1.54) is 32.1 Å². The van der Waals surface area contributed by atoms with Gasteiger partial charge in [-0.2, -0.15) is 0 Å². The van der Waals surface area contributed by atoms with Crippen LogP contribution in [0.4, 0.5) is 5.69 Å². The molecule has 1 aromatic carbocycles. The summed E-state index contributed by atoms with van der Waals surface area (Å²) in [6.07, 6.45) is 8.23. The van der Waals surface area contributed by atoms with E-state index in [9.17, 15) is 0 Å². The molecule has 3 N–H and O–H groups in total. The molecule has 0 aliphatic heterocycles. The summed E-state index contributed by atoms with van der Waals surface area (Å²) in [5.74, 6) is 0. The second kappa shape index (κ2) is 6.20. The zero-order chi connectivity index (χ0) is 14.7. The Hall–Kier alpha value is -1.32. The summed E-state index contributed by atoms with van der Waals surface area (Å²) in [5, 5.41) is 5.44. The average Bonchev–Trinajstić information content (AvgIpc) is 2.53. The third-order valence-corrected chi connectivity index (χ3v) is 4.94. The van der Waals surface area contributed by atoms with Gasteiger partial charge in [0.25, 0.3) is 0 Å². The first-order valence-corrected chi connectivity index (χ1v) is 8.08. The molecule has 3 nitrogen and oxygen atoms in total. The smallest absolute Gasteiger partial charge is 0.0737 e. The van der Waals surface area contributed by atoms with Gasteiger partial charge in [0.2, 0.25) is 0 Å². The number of anilines is 1. The van der Waals surface area contributed by atoms with Crippen LogP contribution in [0.3, 0.4) is 0 Å². The van der Waals surface area contributed by atoms with E-state index in [1.54, 1.807) is 0 Å². The van der Waals surface area contributed by atoms with Crippen molar-refractivity contribution in [3.8, 4) is 0 Å². The minimum Gasteiger partial charge on any atom is -0.384 e. The van der Waals surface area contributed by atoms with Crippen LogP contribution in [0.5, 0.6) is 0 Å². The first-order chi connectivity index (χ1) is 10.2.